The van der Waals surface area contributed by atoms with Gasteiger partial charge in [-0.1, -0.05) is 0 Å². The van der Waals surface area contributed by atoms with Crippen LogP contribution in [0.15, 0.2) is 0 Å². The summed E-state index contributed by atoms with van der Waals surface area (Å²) < 4.78 is 165. The van der Waals surface area contributed by atoms with Crippen molar-refractivity contribution < 1.29 is 157 Å². The standard InChI is InChI=1S/2Al.6Cr.21O. The molecule has 2 fully saturated rings. The molecule has 29 heavy (non-hydrogen) atoms. The van der Waals surface area contributed by atoms with Gasteiger partial charge in [0.2, 0.25) is 0 Å². The van der Waals surface area contributed by atoms with Gasteiger partial charge in [-0.25, -0.2) is 0 Å². The normalized spacial score (nSPS) is 17.8. The molecule has 21 nitrogen and oxygen atoms in total. The van der Waals surface area contributed by atoms with Crippen LogP contribution in [-0.2, 0) is 157 Å². The molecular formula is Al2Cr6O21. The molecule has 0 atom stereocenters. The van der Waals surface area contributed by atoms with Crippen LogP contribution in [0.4, 0.5) is 0 Å². The first-order valence-electron chi connectivity index (χ1n) is 4.91. The molecule has 0 radical (unpaired) electrons. The molecule has 29 heteroatoms. The summed E-state index contributed by atoms with van der Waals surface area (Å²) in [5, 5.41) is 0. The summed E-state index contributed by atoms with van der Waals surface area (Å²) in [4.78, 5) is 0. The Balaban J connectivity index is 0. The van der Waals surface area contributed by atoms with Crippen LogP contribution in [0.3, 0.4) is 0 Å². The van der Waals surface area contributed by atoms with Crippen molar-refractivity contribution in [3.63, 3.8) is 0 Å². The molecule has 0 aliphatic carbocycles. The molecule has 0 spiro atoms. The molecule has 0 N–H and O–H groups in total. The van der Waals surface area contributed by atoms with Crippen molar-refractivity contribution in [1.29, 1.82) is 0 Å². The predicted molar refractivity (Wildman–Crippen MR) is 28.3 cm³/mol. The van der Waals surface area contributed by atoms with Crippen LogP contribution >= 0.6 is 0 Å². The second kappa shape index (κ2) is 14.2. The van der Waals surface area contributed by atoms with E-state index in [0.717, 1.165) is 0 Å². The minimum absolute atomic E-state index is 3.30. The third-order valence-corrected chi connectivity index (χ3v) is 14.6. The van der Waals surface area contributed by atoms with E-state index in [1.165, 1.54) is 0 Å². The van der Waals surface area contributed by atoms with Gasteiger partial charge in [0.1, 0.15) is 0 Å². The van der Waals surface area contributed by atoms with E-state index in [-0.39, 0.29) is 0 Å². The van der Waals surface area contributed by atoms with Crippen molar-refractivity contribution in [2.75, 3.05) is 0 Å². The van der Waals surface area contributed by atoms with E-state index >= 15 is 0 Å². The Morgan fingerprint density at radius 3 is 0.862 bits per heavy atom. The topological polar surface area (TPSA) is 311 Å². The first-order chi connectivity index (χ1) is 12.8. The number of hydrogen-bond acceptors (Lipinski definition) is 21. The van der Waals surface area contributed by atoms with Crippen LogP contribution in [0.1, 0.15) is 0 Å². The Bertz CT molecular complexity index is 1030. The summed E-state index contributed by atoms with van der Waals surface area (Å²) in [6.45, 7) is 0. The van der Waals surface area contributed by atoms with E-state index in [1.807, 2.05) is 0 Å². The Morgan fingerprint density at radius 2 is 0.724 bits per heavy atom. The molecule has 0 amide bonds. The van der Waals surface area contributed by atoms with Gasteiger partial charge >= 0.3 is 187 Å². The summed E-state index contributed by atoms with van der Waals surface area (Å²) >= 11 is -33.1. The first-order valence-corrected chi connectivity index (χ1v) is 18.7. The third-order valence-electron chi connectivity index (χ3n) is 1.18. The fraction of sp³-hybridized carbons (Fsp3) is 0. The molecule has 2 saturated heterocycles. The van der Waals surface area contributed by atoms with Crippen molar-refractivity contribution in [2.45, 2.75) is 0 Å². The average molecular weight is 702 g/mol. The molecule has 0 aromatic rings. The maximum atomic E-state index is 11.1. The molecule has 0 aromatic heterocycles. The molecule has 2 aliphatic heterocycles. The summed E-state index contributed by atoms with van der Waals surface area (Å²) in [6, 6.07) is 0. The molecule has 0 unspecified atom stereocenters. The number of hydrogen-bond donors (Lipinski definition) is 0. The zero-order chi connectivity index (χ0) is 23.6. The first kappa shape index (κ1) is 32.2. The van der Waals surface area contributed by atoms with Crippen LogP contribution in [0.25, 0.3) is 0 Å². The maximum absolute atomic E-state index is 11.1. The van der Waals surface area contributed by atoms with Gasteiger partial charge in [0.15, 0.2) is 0 Å². The van der Waals surface area contributed by atoms with Gasteiger partial charge in [-0.3, -0.25) is 0 Å². The van der Waals surface area contributed by atoms with E-state index in [1.54, 1.807) is 0 Å². The van der Waals surface area contributed by atoms with Gasteiger partial charge in [0, 0.05) is 0 Å². The molecule has 2 rings (SSSR count). The number of rotatable bonds is 4. The van der Waals surface area contributed by atoms with Crippen LogP contribution in [0.2, 0.25) is 0 Å². The van der Waals surface area contributed by atoms with Gasteiger partial charge in [-0.15, -0.1) is 0 Å². The SMILES string of the molecule is [O]=[Cr](=[O])=[O].[O]=[Cr](=[O])=[O].[O]=[Cr](=[O])=[O].[O]=[Cr]1(=[O])[O][Al]([O][Cr](=[O])(=[O])[O][Al]2[O][Cr](=[O])(=[O])[O]2)[O]1. The van der Waals surface area contributed by atoms with Crippen LogP contribution in [0.5, 0.6) is 0 Å². The Labute approximate surface area is 185 Å². The Morgan fingerprint density at radius 1 is 0.552 bits per heavy atom. The van der Waals surface area contributed by atoms with E-state index in [4.69, 9.17) is 34.2 Å². The zero-order valence-electron chi connectivity index (χ0n) is 12.2. The molecule has 168 valence electrons. The minimum atomic E-state index is -5.46. The predicted octanol–water partition coefficient (Wildman–Crippen LogP) is -2.97. The quantitative estimate of drug-likeness (QED) is 0.264. The summed E-state index contributed by atoms with van der Waals surface area (Å²) in [5.41, 5.74) is 0. The van der Waals surface area contributed by atoms with Gasteiger partial charge in [0.05, 0.1) is 0 Å². The second-order valence-electron chi connectivity index (χ2n) is 2.99. The second-order valence-corrected chi connectivity index (χ2v) is 16.4. The molecule has 0 aromatic carbocycles. The van der Waals surface area contributed by atoms with Gasteiger partial charge in [0.25, 0.3) is 0 Å². The van der Waals surface area contributed by atoms with Crippen molar-refractivity contribution in [2.24, 2.45) is 0 Å². The Hall–Kier alpha value is 1.02. The van der Waals surface area contributed by atoms with E-state index < -0.39 is 113 Å². The monoisotopic (exact) mass is 701 g/mol. The Kier molecular flexibility index (Phi) is 15.8. The fourth-order valence-electron chi connectivity index (χ4n) is 0.679. The van der Waals surface area contributed by atoms with Crippen molar-refractivity contribution in [3.8, 4) is 0 Å². The van der Waals surface area contributed by atoms with Crippen molar-refractivity contribution in [1.82, 2.24) is 0 Å². The van der Waals surface area contributed by atoms with E-state index in [0.29, 0.717) is 0 Å². The molecule has 0 bridgehead atoms. The molecule has 2 heterocycles. The average Bonchev–Trinajstić information content (AvgIpc) is 2.30. The van der Waals surface area contributed by atoms with E-state index in [9.17, 15) is 22.8 Å². The van der Waals surface area contributed by atoms with Crippen molar-refractivity contribution in [3.05, 3.63) is 0 Å². The van der Waals surface area contributed by atoms with Crippen LogP contribution in [-0.4, -0.2) is 30.3 Å². The van der Waals surface area contributed by atoms with Gasteiger partial charge < -0.3 is 0 Å². The molecule has 2 aliphatic rings. The zero-order valence-corrected chi connectivity index (χ0v) is 22.1. The van der Waals surface area contributed by atoms with E-state index in [2.05, 4.69) is 17.0 Å². The van der Waals surface area contributed by atoms with Crippen LogP contribution in [0, 0.1) is 0 Å². The van der Waals surface area contributed by atoms with Gasteiger partial charge in [-0.2, -0.15) is 0 Å². The summed E-state index contributed by atoms with van der Waals surface area (Å²) in [5.74, 6) is 0. The fourth-order valence-corrected chi connectivity index (χ4v) is 11.4. The van der Waals surface area contributed by atoms with Gasteiger partial charge in [-0.05, 0) is 0 Å². The summed E-state index contributed by atoms with van der Waals surface area (Å²) in [6.07, 6.45) is 0. The third kappa shape index (κ3) is 22.0. The van der Waals surface area contributed by atoms with Crippen molar-refractivity contribution >= 4 is 30.3 Å². The molecule has 0 saturated carbocycles. The van der Waals surface area contributed by atoms with Crippen LogP contribution < -0.4 is 0 Å². The summed E-state index contributed by atoms with van der Waals surface area (Å²) in [7, 11) is 0. The molecular weight excluding hydrogens is 702 g/mol.